The van der Waals surface area contributed by atoms with Gasteiger partial charge in [0.15, 0.2) is 5.78 Å². The summed E-state index contributed by atoms with van der Waals surface area (Å²) >= 11 is 3.34. The molecule has 16 heavy (non-hydrogen) atoms. The van der Waals surface area contributed by atoms with Crippen molar-refractivity contribution in [2.24, 2.45) is 0 Å². The maximum atomic E-state index is 12.0. The molecule has 1 heterocycles. The molecule has 2 rings (SSSR count). The fourth-order valence-electron chi connectivity index (χ4n) is 1.36. The molecule has 82 valence electrons. The topological polar surface area (TPSA) is 39.4 Å². The first kappa shape index (κ1) is 11.0. The van der Waals surface area contributed by atoms with E-state index in [1.807, 2.05) is 0 Å². The number of halogens is 1. The van der Waals surface area contributed by atoms with Gasteiger partial charge in [-0.3, -0.25) is 4.79 Å². The van der Waals surface area contributed by atoms with Crippen LogP contribution in [-0.4, -0.2) is 12.9 Å². The van der Waals surface area contributed by atoms with Crippen LogP contribution < -0.4 is 4.74 Å². The minimum absolute atomic E-state index is 0.0803. The predicted molar refractivity (Wildman–Crippen MR) is 62.8 cm³/mol. The summed E-state index contributed by atoms with van der Waals surface area (Å²) in [6, 6.07) is 6.86. The van der Waals surface area contributed by atoms with Crippen molar-refractivity contribution >= 4 is 21.7 Å². The van der Waals surface area contributed by atoms with Crippen molar-refractivity contribution in [2.45, 2.75) is 0 Å². The zero-order chi connectivity index (χ0) is 11.5. The molecule has 0 unspecified atom stereocenters. The summed E-state index contributed by atoms with van der Waals surface area (Å²) in [6.45, 7) is 0. The van der Waals surface area contributed by atoms with Gasteiger partial charge in [0.1, 0.15) is 12.0 Å². The number of carbonyl (C=O) groups is 1. The lowest BCUT2D eigenvalue weighted by Crippen LogP contribution is -2.00. The summed E-state index contributed by atoms with van der Waals surface area (Å²) in [4.78, 5) is 12.0. The molecule has 0 aliphatic carbocycles. The van der Waals surface area contributed by atoms with Crippen LogP contribution in [0.25, 0.3) is 0 Å². The van der Waals surface area contributed by atoms with Gasteiger partial charge in [0, 0.05) is 10.0 Å². The van der Waals surface area contributed by atoms with Crippen molar-refractivity contribution in [1.29, 1.82) is 0 Å². The SMILES string of the molecule is COc1ccc(C(=O)c2ccoc2)c(Br)c1. The molecule has 0 radical (unpaired) electrons. The summed E-state index contributed by atoms with van der Waals surface area (Å²) in [5, 5.41) is 0. The molecule has 4 heteroatoms. The largest absolute Gasteiger partial charge is 0.497 e. The molecule has 0 amide bonds. The maximum absolute atomic E-state index is 12.0. The molecular formula is C12H9BrO3. The Morgan fingerprint density at radius 1 is 1.38 bits per heavy atom. The van der Waals surface area contributed by atoms with E-state index in [9.17, 15) is 4.79 Å². The van der Waals surface area contributed by atoms with Crippen LogP contribution in [0.4, 0.5) is 0 Å². The number of furan rings is 1. The van der Waals surface area contributed by atoms with Crippen molar-refractivity contribution in [2.75, 3.05) is 7.11 Å². The molecule has 0 fully saturated rings. The second kappa shape index (κ2) is 4.53. The Labute approximate surface area is 101 Å². The van der Waals surface area contributed by atoms with Crippen LogP contribution in [0.3, 0.4) is 0 Å². The lowest BCUT2D eigenvalue weighted by atomic mass is 10.1. The molecule has 1 aromatic carbocycles. The standard InChI is InChI=1S/C12H9BrO3/c1-15-9-2-3-10(11(13)6-9)12(14)8-4-5-16-7-8/h2-7H,1H3. The van der Waals surface area contributed by atoms with E-state index in [0.717, 1.165) is 0 Å². The van der Waals surface area contributed by atoms with Gasteiger partial charge in [-0.2, -0.15) is 0 Å². The highest BCUT2D eigenvalue weighted by atomic mass is 79.9. The second-order valence-corrected chi connectivity index (χ2v) is 4.04. The van der Waals surface area contributed by atoms with Gasteiger partial charge in [-0.25, -0.2) is 0 Å². The average Bonchev–Trinajstić information content (AvgIpc) is 2.81. The molecule has 1 aromatic heterocycles. The van der Waals surface area contributed by atoms with E-state index in [1.54, 1.807) is 31.4 Å². The van der Waals surface area contributed by atoms with E-state index in [4.69, 9.17) is 9.15 Å². The lowest BCUT2D eigenvalue weighted by Gasteiger charge is -2.04. The van der Waals surface area contributed by atoms with Crippen LogP contribution in [0, 0.1) is 0 Å². The van der Waals surface area contributed by atoms with Gasteiger partial charge in [-0.15, -0.1) is 0 Å². The molecule has 0 saturated carbocycles. The summed E-state index contributed by atoms with van der Waals surface area (Å²) in [5.74, 6) is 0.624. The Bertz CT molecular complexity index is 503. The molecule has 0 aliphatic rings. The first-order chi connectivity index (χ1) is 7.72. The third kappa shape index (κ3) is 2.02. The number of carbonyl (C=O) groups excluding carboxylic acids is 1. The van der Waals surface area contributed by atoms with Crippen molar-refractivity contribution in [3.63, 3.8) is 0 Å². The van der Waals surface area contributed by atoms with E-state index < -0.39 is 0 Å². The predicted octanol–water partition coefficient (Wildman–Crippen LogP) is 3.28. The minimum atomic E-state index is -0.0803. The number of rotatable bonds is 3. The van der Waals surface area contributed by atoms with Crippen LogP contribution >= 0.6 is 15.9 Å². The number of ether oxygens (including phenoxy) is 1. The maximum Gasteiger partial charge on any atom is 0.197 e. The van der Waals surface area contributed by atoms with Gasteiger partial charge in [-0.1, -0.05) is 0 Å². The summed E-state index contributed by atoms with van der Waals surface area (Å²) in [7, 11) is 1.58. The smallest absolute Gasteiger partial charge is 0.197 e. The van der Waals surface area contributed by atoms with Gasteiger partial charge in [0.2, 0.25) is 0 Å². The van der Waals surface area contributed by atoms with Gasteiger partial charge in [-0.05, 0) is 40.2 Å². The van der Waals surface area contributed by atoms with Crippen LogP contribution in [0.15, 0.2) is 45.7 Å². The van der Waals surface area contributed by atoms with Crippen LogP contribution in [0.2, 0.25) is 0 Å². The number of benzene rings is 1. The molecule has 0 atom stereocenters. The molecule has 3 nitrogen and oxygen atoms in total. The molecule has 0 N–H and O–H groups in total. The monoisotopic (exact) mass is 280 g/mol. The zero-order valence-corrected chi connectivity index (χ0v) is 10.2. The van der Waals surface area contributed by atoms with E-state index in [-0.39, 0.29) is 5.78 Å². The number of hydrogen-bond acceptors (Lipinski definition) is 3. The highest BCUT2D eigenvalue weighted by molar-refractivity contribution is 9.10. The molecule has 0 spiro atoms. The van der Waals surface area contributed by atoms with Gasteiger partial charge in [0.05, 0.1) is 18.9 Å². The highest BCUT2D eigenvalue weighted by Gasteiger charge is 2.13. The zero-order valence-electron chi connectivity index (χ0n) is 8.57. The van der Waals surface area contributed by atoms with Gasteiger partial charge in [0.25, 0.3) is 0 Å². The fraction of sp³-hybridized carbons (Fsp3) is 0.0833. The average molecular weight is 281 g/mol. The Hall–Kier alpha value is -1.55. The summed E-state index contributed by atoms with van der Waals surface area (Å²) < 4.78 is 10.6. The normalized spacial score (nSPS) is 10.1. The second-order valence-electron chi connectivity index (χ2n) is 3.19. The van der Waals surface area contributed by atoms with E-state index in [1.165, 1.54) is 12.5 Å². The quantitative estimate of drug-likeness (QED) is 0.810. The molecule has 0 aliphatic heterocycles. The molecule has 2 aromatic rings. The fourth-order valence-corrected chi connectivity index (χ4v) is 1.89. The van der Waals surface area contributed by atoms with E-state index in [2.05, 4.69) is 15.9 Å². The Balaban J connectivity index is 2.38. The number of ketones is 1. The third-order valence-electron chi connectivity index (χ3n) is 2.20. The lowest BCUT2D eigenvalue weighted by molar-refractivity contribution is 0.103. The minimum Gasteiger partial charge on any atom is -0.497 e. The number of methoxy groups -OCH3 is 1. The van der Waals surface area contributed by atoms with Crippen molar-refractivity contribution in [1.82, 2.24) is 0 Å². The van der Waals surface area contributed by atoms with Crippen molar-refractivity contribution < 1.29 is 13.9 Å². The molecule has 0 saturated heterocycles. The Morgan fingerprint density at radius 3 is 2.75 bits per heavy atom. The summed E-state index contributed by atoms with van der Waals surface area (Å²) in [6.07, 6.45) is 2.91. The third-order valence-corrected chi connectivity index (χ3v) is 2.86. The van der Waals surface area contributed by atoms with Crippen molar-refractivity contribution in [3.8, 4) is 5.75 Å². The number of hydrogen-bond donors (Lipinski definition) is 0. The van der Waals surface area contributed by atoms with Crippen LogP contribution in [0.5, 0.6) is 5.75 Å². The highest BCUT2D eigenvalue weighted by Crippen LogP contribution is 2.25. The summed E-state index contributed by atoms with van der Waals surface area (Å²) in [5.41, 5.74) is 1.12. The van der Waals surface area contributed by atoms with Gasteiger partial charge >= 0.3 is 0 Å². The molecule has 0 bridgehead atoms. The van der Waals surface area contributed by atoms with Crippen LogP contribution in [0.1, 0.15) is 15.9 Å². The van der Waals surface area contributed by atoms with Gasteiger partial charge < -0.3 is 9.15 Å². The van der Waals surface area contributed by atoms with E-state index >= 15 is 0 Å². The first-order valence-electron chi connectivity index (χ1n) is 4.63. The Kier molecular flexibility index (Phi) is 3.10. The van der Waals surface area contributed by atoms with Crippen molar-refractivity contribution in [3.05, 3.63) is 52.4 Å². The van der Waals surface area contributed by atoms with E-state index in [0.29, 0.717) is 21.3 Å². The van der Waals surface area contributed by atoms with Crippen LogP contribution in [-0.2, 0) is 0 Å². The molecular weight excluding hydrogens is 272 g/mol. The first-order valence-corrected chi connectivity index (χ1v) is 5.42. The Morgan fingerprint density at radius 2 is 2.19 bits per heavy atom.